The van der Waals surface area contributed by atoms with E-state index in [4.69, 9.17) is 40.0 Å². The number of methoxy groups -OCH3 is 3. The number of carbonyl (C=O) groups excluding carboxylic acids is 2. The van der Waals surface area contributed by atoms with E-state index in [2.05, 4.69) is 10.5 Å². The summed E-state index contributed by atoms with van der Waals surface area (Å²) < 4.78 is 32.9. The second-order valence-corrected chi connectivity index (χ2v) is 8.78. The van der Waals surface area contributed by atoms with Crippen molar-refractivity contribution < 1.29 is 38.0 Å². The van der Waals surface area contributed by atoms with Crippen LogP contribution in [-0.2, 0) is 4.79 Å². The van der Waals surface area contributed by atoms with Gasteiger partial charge in [0.25, 0.3) is 5.91 Å². The van der Waals surface area contributed by atoms with Gasteiger partial charge in [-0.25, -0.2) is 10.2 Å². The number of carbonyl (C=O) groups is 2. The summed E-state index contributed by atoms with van der Waals surface area (Å²) in [5, 5.41) is 4.59. The molecule has 1 unspecified atom stereocenters. The summed E-state index contributed by atoms with van der Waals surface area (Å²) in [6, 6.07) is 13.0. The Morgan fingerprint density at radius 2 is 1.60 bits per heavy atom. The third-order valence-electron chi connectivity index (χ3n) is 5.57. The van der Waals surface area contributed by atoms with E-state index in [1.807, 2.05) is 6.92 Å². The van der Waals surface area contributed by atoms with Gasteiger partial charge in [-0.05, 0) is 80.4 Å². The van der Waals surface area contributed by atoms with E-state index < -0.39 is 18.0 Å². The van der Waals surface area contributed by atoms with Gasteiger partial charge in [0, 0.05) is 5.02 Å². The molecular weight excluding hydrogens is 540 g/mol. The molecule has 11 heteroatoms. The minimum Gasteiger partial charge on any atom is -0.493 e. The first-order valence-electron chi connectivity index (χ1n) is 12.2. The molecule has 0 radical (unpaired) electrons. The lowest BCUT2D eigenvalue weighted by Gasteiger charge is -2.15. The molecule has 0 aliphatic rings. The number of ether oxygens (including phenoxy) is 6. The highest BCUT2D eigenvalue weighted by Crippen LogP contribution is 2.39. The zero-order valence-corrected chi connectivity index (χ0v) is 23.8. The van der Waals surface area contributed by atoms with Crippen molar-refractivity contribution in [2.45, 2.75) is 26.9 Å². The van der Waals surface area contributed by atoms with E-state index in [1.165, 1.54) is 39.7 Å². The van der Waals surface area contributed by atoms with Gasteiger partial charge in [-0.2, -0.15) is 5.10 Å². The molecule has 0 heterocycles. The first-order valence-corrected chi connectivity index (χ1v) is 12.6. The standard InChI is InChI=1S/C29H31ClN2O8/c1-7-38-24-13-19(16-31-32-28(33)18(3)39-22-11-9-21(30)12-17(22)2)8-10-23(24)40-29(34)20-14-25(35-4)27(37-6)26(15-20)36-5/h8-16,18H,7H2,1-6H3,(H,32,33). The number of aryl methyl sites for hydroxylation is 1. The number of nitrogens with zero attached hydrogens (tertiary/aromatic N) is 1. The Morgan fingerprint density at radius 1 is 0.925 bits per heavy atom. The molecule has 40 heavy (non-hydrogen) atoms. The highest BCUT2D eigenvalue weighted by molar-refractivity contribution is 6.30. The molecule has 0 aliphatic carbocycles. The van der Waals surface area contributed by atoms with Crippen LogP contribution in [0, 0.1) is 6.92 Å². The normalized spacial score (nSPS) is 11.5. The van der Waals surface area contributed by atoms with Crippen LogP contribution in [0.4, 0.5) is 0 Å². The molecule has 1 amide bonds. The predicted octanol–water partition coefficient (Wildman–Crippen LogP) is 5.21. The molecule has 0 aliphatic heterocycles. The molecular formula is C29H31ClN2O8. The number of halogens is 1. The Hall–Kier alpha value is -4.44. The average Bonchev–Trinajstić information content (AvgIpc) is 2.94. The number of rotatable bonds is 12. The van der Waals surface area contributed by atoms with E-state index in [9.17, 15) is 9.59 Å². The summed E-state index contributed by atoms with van der Waals surface area (Å²) in [5.41, 5.74) is 4.05. The lowest BCUT2D eigenvalue weighted by atomic mass is 10.1. The third-order valence-corrected chi connectivity index (χ3v) is 5.80. The van der Waals surface area contributed by atoms with Crippen LogP contribution in [0.3, 0.4) is 0 Å². The summed E-state index contributed by atoms with van der Waals surface area (Å²) in [6.07, 6.45) is 0.638. The molecule has 3 aromatic carbocycles. The van der Waals surface area contributed by atoms with Gasteiger partial charge in [0.15, 0.2) is 29.1 Å². The number of amides is 1. The fourth-order valence-corrected chi connectivity index (χ4v) is 3.79. The van der Waals surface area contributed by atoms with Crippen LogP contribution in [0.5, 0.6) is 34.5 Å². The Morgan fingerprint density at radius 3 is 2.20 bits per heavy atom. The van der Waals surface area contributed by atoms with Gasteiger partial charge in [-0.3, -0.25) is 4.79 Å². The molecule has 10 nitrogen and oxygen atoms in total. The maximum Gasteiger partial charge on any atom is 0.343 e. The fourth-order valence-electron chi connectivity index (χ4n) is 3.57. The number of benzene rings is 3. The van der Waals surface area contributed by atoms with Crippen molar-refractivity contribution >= 4 is 29.7 Å². The van der Waals surface area contributed by atoms with E-state index in [-0.39, 0.29) is 11.3 Å². The Labute approximate surface area is 237 Å². The first kappa shape index (κ1) is 30.1. The summed E-state index contributed by atoms with van der Waals surface area (Å²) in [7, 11) is 4.38. The van der Waals surface area contributed by atoms with Crippen molar-refractivity contribution in [2.24, 2.45) is 5.10 Å². The minimum atomic E-state index is -0.798. The van der Waals surface area contributed by atoms with Gasteiger partial charge in [-0.1, -0.05) is 11.6 Å². The topological polar surface area (TPSA) is 114 Å². The van der Waals surface area contributed by atoms with E-state index in [1.54, 1.807) is 50.2 Å². The van der Waals surface area contributed by atoms with E-state index in [0.717, 1.165) is 5.56 Å². The van der Waals surface area contributed by atoms with Crippen LogP contribution in [0.2, 0.25) is 5.02 Å². The monoisotopic (exact) mass is 570 g/mol. The molecule has 0 fully saturated rings. The zero-order chi connectivity index (χ0) is 29.2. The predicted molar refractivity (Wildman–Crippen MR) is 151 cm³/mol. The van der Waals surface area contributed by atoms with Crippen LogP contribution < -0.4 is 33.8 Å². The number of hydrazone groups is 1. The van der Waals surface area contributed by atoms with Crippen molar-refractivity contribution in [3.63, 3.8) is 0 Å². The molecule has 0 saturated heterocycles. The second kappa shape index (κ2) is 14.1. The van der Waals surface area contributed by atoms with Gasteiger partial charge < -0.3 is 28.4 Å². The van der Waals surface area contributed by atoms with Crippen LogP contribution in [-0.4, -0.2) is 52.1 Å². The highest BCUT2D eigenvalue weighted by atomic mass is 35.5. The molecule has 212 valence electrons. The van der Waals surface area contributed by atoms with E-state index in [0.29, 0.717) is 45.9 Å². The Balaban J connectivity index is 1.70. The van der Waals surface area contributed by atoms with Crippen LogP contribution in [0.1, 0.15) is 35.3 Å². The summed E-state index contributed by atoms with van der Waals surface area (Å²) in [4.78, 5) is 25.4. The maximum absolute atomic E-state index is 12.9. The van der Waals surface area contributed by atoms with Crippen molar-refractivity contribution in [1.29, 1.82) is 0 Å². The maximum atomic E-state index is 12.9. The molecule has 3 aromatic rings. The number of hydrogen-bond acceptors (Lipinski definition) is 9. The van der Waals surface area contributed by atoms with E-state index >= 15 is 0 Å². The highest BCUT2D eigenvalue weighted by Gasteiger charge is 2.20. The quantitative estimate of drug-likeness (QED) is 0.137. The van der Waals surface area contributed by atoms with Crippen molar-refractivity contribution in [3.8, 4) is 34.5 Å². The average molecular weight is 571 g/mol. The van der Waals surface area contributed by atoms with Gasteiger partial charge in [0.05, 0.1) is 39.7 Å². The molecule has 0 bridgehead atoms. The van der Waals surface area contributed by atoms with Crippen molar-refractivity contribution in [1.82, 2.24) is 5.43 Å². The molecule has 0 aromatic heterocycles. The molecule has 0 saturated carbocycles. The third kappa shape index (κ3) is 7.57. The second-order valence-electron chi connectivity index (χ2n) is 8.35. The summed E-state index contributed by atoms with van der Waals surface area (Å²) in [5.74, 6) is 0.953. The van der Waals surface area contributed by atoms with Crippen LogP contribution in [0.25, 0.3) is 0 Å². The van der Waals surface area contributed by atoms with Gasteiger partial charge in [0.2, 0.25) is 5.75 Å². The van der Waals surface area contributed by atoms with Crippen LogP contribution >= 0.6 is 11.6 Å². The molecule has 1 N–H and O–H groups in total. The smallest absolute Gasteiger partial charge is 0.343 e. The van der Waals surface area contributed by atoms with Crippen LogP contribution in [0.15, 0.2) is 53.6 Å². The number of hydrogen-bond donors (Lipinski definition) is 1. The van der Waals surface area contributed by atoms with Crippen molar-refractivity contribution in [3.05, 3.63) is 70.2 Å². The summed E-state index contributed by atoms with van der Waals surface area (Å²) >= 11 is 5.97. The van der Waals surface area contributed by atoms with Gasteiger partial charge in [0.1, 0.15) is 5.75 Å². The zero-order valence-electron chi connectivity index (χ0n) is 23.1. The fraction of sp³-hybridized carbons (Fsp3) is 0.276. The van der Waals surface area contributed by atoms with Gasteiger partial charge in [-0.15, -0.1) is 0 Å². The molecule has 1 atom stereocenters. The van der Waals surface area contributed by atoms with Gasteiger partial charge >= 0.3 is 5.97 Å². The first-order chi connectivity index (χ1) is 19.2. The SMILES string of the molecule is CCOc1cc(C=NNC(=O)C(C)Oc2ccc(Cl)cc2C)ccc1OC(=O)c1cc(OC)c(OC)c(OC)c1. The Bertz CT molecular complexity index is 1370. The minimum absolute atomic E-state index is 0.190. The Kier molecular flexibility index (Phi) is 10.6. The lowest BCUT2D eigenvalue weighted by Crippen LogP contribution is -2.33. The lowest BCUT2D eigenvalue weighted by molar-refractivity contribution is -0.127. The number of esters is 1. The largest absolute Gasteiger partial charge is 0.493 e. The molecule has 3 rings (SSSR count). The van der Waals surface area contributed by atoms with Crippen molar-refractivity contribution in [2.75, 3.05) is 27.9 Å². The number of nitrogens with one attached hydrogen (secondary N) is 1. The summed E-state index contributed by atoms with van der Waals surface area (Å²) in [6.45, 7) is 5.58. The molecule has 0 spiro atoms.